The van der Waals surface area contributed by atoms with E-state index in [4.69, 9.17) is 5.26 Å². The molecule has 0 saturated carbocycles. The minimum Gasteiger partial charge on any atom is -0.221 e. The fraction of sp³-hybridized carbons (Fsp3) is 0.375. The van der Waals surface area contributed by atoms with Crippen molar-refractivity contribution in [1.82, 2.24) is 14.6 Å². The summed E-state index contributed by atoms with van der Waals surface area (Å²) in [6.45, 7) is 3.86. The molecule has 0 atom stereocenters. The van der Waals surface area contributed by atoms with Gasteiger partial charge in [-0.1, -0.05) is 18.3 Å². The molecule has 2 aromatic rings. The molecule has 0 aliphatic heterocycles. The third-order valence-corrected chi connectivity index (χ3v) is 2.88. The van der Waals surface area contributed by atoms with Crippen LogP contribution in [0.2, 0.25) is 0 Å². The summed E-state index contributed by atoms with van der Waals surface area (Å²) >= 11 is 1.54. The minimum atomic E-state index is 0.547. The zero-order valence-corrected chi connectivity index (χ0v) is 8.22. The molecule has 0 saturated heterocycles. The molecule has 0 bridgehead atoms. The lowest BCUT2D eigenvalue weighted by atomic mass is 10.4. The molecule has 5 heteroatoms. The van der Waals surface area contributed by atoms with E-state index in [1.54, 1.807) is 4.52 Å². The van der Waals surface area contributed by atoms with Gasteiger partial charge in [0.2, 0.25) is 4.96 Å². The van der Waals surface area contributed by atoms with Crippen molar-refractivity contribution in [2.45, 2.75) is 20.3 Å². The van der Waals surface area contributed by atoms with E-state index in [1.807, 2.05) is 13.8 Å². The van der Waals surface area contributed by atoms with E-state index in [-0.39, 0.29) is 0 Å². The molecule has 4 nitrogen and oxygen atoms in total. The van der Waals surface area contributed by atoms with E-state index in [0.717, 1.165) is 22.1 Å². The molecule has 13 heavy (non-hydrogen) atoms. The van der Waals surface area contributed by atoms with Gasteiger partial charge in [0.05, 0.1) is 5.69 Å². The summed E-state index contributed by atoms with van der Waals surface area (Å²) in [5, 5.41) is 14.1. The van der Waals surface area contributed by atoms with Crippen molar-refractivity contribution in [2.24, 2.45) is 0 Å². The monoisotopic (exact) mass is 192 g/mol. The number of aryl methyl sites for hydroxylation is 2. The van der Waals surface area contributed by atoms with Gasteiger partial charge in [0.25, 0.3) is 0 Å². The van der Waals surface area contributed by atoms with E-state index in [9.17, 15) is 0 Å². The third-order valence-electron chi connectivity index (χ3n) is 1.83. The van der Waals surface area contributed by atoms with Crippen molar-refractivity contribution < 1.29 is 0 Å². The first-order valence-corrected chi connectivity index (χ1v) is 4.83. The first-order chi connectivity index (χ1) is 6.26. The van der Waals surface area contributed by atoms with Crippen LogP contribution in [0.15, 0.2) is 0 Å². The van der Waals surface area contributed by atoms with E-state index in [0.29, 0.717) is 5.69 Å². The Balaban J connectivity index is 2.75. The number of nitriles is 1. The number of hydrogen-bond acceptors (Lipinski definition) is 4. The summed E-state index contributed by atoms with van der Waals surface area (Å²) < 4.78 is 1.62. The summed E-state index contributed by atoms with van der Waals surface area (Å²) in [6, 6.07) is 2.10. The van der Waals surface area contributed by atoms with Crippen LogP contribution < -0.4 is 0 Å². The molecular weight excluding hydrogens is 184 g/mol. The average molecular weight is 192 g/mol. The Bertz CT molecular complexity index is 488. The van der Waals surface area contributed by atoms with Gasteiger partial charge in [-0.3, -0.25) is 0 Å². The van der Waals surface area contributed by atoms with Gasteiger partial charge >= 0.3 is 0 Å². The highest BCUT2D eigenvalue weighted by atomic mass is 32.1. The number of nitrogens with zero attached hydrogens (tertiary/aromatic N) is 4. The minimum absolute atomic E-state index is 0.547. The normalized spacial score (nSPS) is 10.5. The van der Waals surface area contributed by atoms with E-state index in [2.05, 4.69) is 16.2 Å². The molecule has 0 aliphatic carbocycles. The van der Waals surface area contributed by atoms with Gasteiger partial charge in [-0.2, -0.15) is 14.9 Å². The van der Waals surface area contributed by atoms with Crippen LogP contribution in [0.1, 0.15) is 23.3 Å². The van der Waals surface area contributed by atoms with Gasteiger partial charge in [-0.05, 0) is 13.3 Å². The molecule has 2 heterocycles. The van der Waals surface area contributed by atoms with Crippen LogP contribution in [-0.2, 0) is 6.42 Å². The number of imidazole rings is 1. The van der Waals surface area contributed by atoms with Crippen LogP contribution >= 0.6 is 11.3 Å². The Kier molecular flexibility index (Phi) is 1.78. The molecule has 0 N–H and O–H groups in total. The van der Waals surface area contributed by atoms with Crippen LogP contribution in [0.5, 0.6) is 0 Å². The molecule has 0 aliphatic rings. The Morgan fingerprint density at radius 2 is 2.38 bits per heavy atom. The van der Waals surface area contributed by atoms with Crippen molar-refractivity contribution >= 4 is 16.3 Å². The number of hydrogen-bond donors (Lipinski definition) is 0. The van der Waals surface area contributed by atoms with Crippen LogP contribution in [-0.4, -0.2) is 14.6 Å². The maximum absolute atomic E-state index is 8.84. The van der Waals surface area contributed by atoms with Crippen molar-refractivity contribution in [2.75, 3.05) is 0 Å². The molecule has 0 aromatic carbocycles. The molecule has 0 unspecified atom stereocenters. The Labute approximate surface area is 79.5 Å². The summed E-state index contributed by atoms with van der Waals surface area (Å²) in [5.74, 6) is 0. The first kappa shape index (κ1) is 8.20. The van der Waals surface area contributed by atoms with E-state index >= 15 is 0 Å². The summed E-state index contributed by atoms with van der Waals surface area (Å²) in [4.78, 5) is 5.06. The fourth-order valence-electron chi connectivity index (χ4n) is 1.16. The number of fused-ring (bicyclic) bond motifs is 1. The van der Waals surface area contributed by atoms with Crippen molar-refractivity contribution in [3.8, 4) is 6.07 Å². The zero-order valence-electron chi connectivity index (χ0n) is 7.40. The molecule has 0 amide bonds. The lowest BCUT2D eigenvalue weighted by Gasteiger charge is -1.85. The van der Waals surface area contributed by atoms with Gasteiger partial charge < -0.3 is 0 Å². The number of rotatable bonds is 1. The van der Waals surface area contributed by atoms with Crippen molar-refractivity contribution in [3.05, 3.63) is 16.4 Å². The van der Waals surface area contributed by atoms with E-state index < -0.39 is 0 Å². The highest BCUT2D eigenvalue weighted by Crippen LogP contribution is 2.17. The average Bonchev–Trinajstić information content (AvgIpc) is 2.60. The first-order valence-electron chi connectivity index (χ1n) is 4.01. The van der Waals surface area contributed by atoms with Gasteiger partial charge in [0.1, 0.15) is 11.1 Å². The zero-order chi connectivity index (χ0) is 9.42. The Hall–Kier alpha value is -1.41. The lowest BCUT2D eigenvalue weighted by molar-refractivity contribution is 0.896. The van der Waals surface area contributed by atoms with Crippen LogP contribution in [0.4, 0.5) is 0 Å². The molecule has 2 aromatic heterocycles. The summed E-state index contributed by atoms with van der Waals surface area (Å²) in [5.41, 5.74) is 1.30. The predicted octanol–water partition coefficient (Wildman–Crippen LogP) is 1.53. The predicted molar refractivity (Wildman–Crippen MR) is 49.7 cm³/mol. The molecule has 0 spiro atoms. The van der Waals surface area contributed by atoms with Crippen LogP contribution in [0.25, 0.3) is 4.96 Å². The Morgan fingerprint density at radius 1 is 1.62 bits per heavy atom. The van der Waals surface area contributed by atoms with Crippen molar-refractivity contribution in [1.29, 1.82) is 5.26 Å². The maximum Gasteiger partial charge on any atom is 0.213 e. The van der Waals surface area contributed by atoms with E-state index in [1.165, 1.54) is 11.3 Å². The number of aromatic nitrogens is 3. The van der Waals surface area contributed by atoms with Gasteiger partial charge in [-0.25, -0.2) is 4.98 Å². The van der Waals surface area contributed by atoms with Crippen LogP contribution in [0.3, 0.4) is 0 Å². The van der Waals surface area contributed by atoms with Crippen LogP contribution in [0, 0.1) is 18.3 Å². The summed E-state index contributed by atoms with van der Waals surface area (Å²) in [7, 11) is 0. The molecule has 2 rings (SSSR count). The highest BCUT2D eigenvalue weighted by molar-refractivity contribution is 7.16. The third kappa shape index (κ3) is 1.11. The quantitative estimate of drug-likeness (QED) is 0.688. The van der Waals surface area contributed by atoms with Gasteiger partial charge in [0.15, 0.2) is 5.69 Å². The SMILES string of the molecule is CCc1nn2c(C#N)c(C)nc2s1. The highest BCUT2D eigenvalue weighted by Gasteiger charge is 2.11. The smallest absolute Gasteiger partial charge is 0.213 e. The van der Waals surface area contributed by atoms with Gasteiger partial charge in [0, 0.05) is 0 Å². The maximum atomic E-state index is 8.84. The van der Waals surface area contributed by atoms with Crippen molar-refractivity contribution in [3.63, 3.8) is 0 Å². The lowest BCUT2D eigenvalue weighted by Crippen LogP contribution is -1.90. The topological polar surface area (TPSA) is 54.0 Å². The summed E-state index contributed by atoms with van der Waals surface area (Å²) in [6.07, 6.45) is 0.887. The second kappa shape index (κ2) is 2.82. The molecule has 0 fully saturated rings. The fourth-order valence-corrected chi connectivity index (χ4v) is 2.04. The van der Waals surface area contributed by atoms with Gasteiger partial charge in [-0.15, -0.1) is 0 Å². The standard InChI is InChI=1S/C8H8N4S/c1-3-7-11-12-6(4-9)5(2)10-8(12)13-7/h3H2,1-2H3. The Morgan fingerprint density at radius 3 is 3.00 bits per heavy atom. The second-order valence-corrected chi connectivity index (χ2v) is 3.74. The largest absolute Gasteiger partial charge is 0.221 e. The second-order valence-electron chi connectivity index (χ2n) is 2.70. The molecule has 0 radical (unpaired) electrons. The molecular formula is C8H8N4S. The molecule has 66 valence electrons.